The predicted octanol–water partition coefficient (Wildman–Crippen LogP) is 5.82. The highest BCUT2D eigenvalue weighted by molar-refractivity contribution is 7.99. The second-order valence-corrected chi connectivity index (χ2v) is 10.5. The van der Waals surface area contributed by atoms with Gasteiger partial charge in [-0.25, -0.2) is 0 Å². The van der Waals surface area contributed by atoms with Gasteiger partial charge in [-0.1, -0.05) is 62.4 Å². The van der Waals surface area contributed by atoms with Gasteiger partial charge in [0, 0.05) is 24.5 Å². The molecule has 0 aliphatic heterocycles. The number of carbonyl (C=O) groups excluding carboxylic acids is 1. The maximum absolute atomic E-state index is 13.5. The Hall–Kier alpha value is -2.48. The molecule has 1 aromatic carbocycles. The molecule has 2 fully saturated rings. The number of thioether (sulfide) groups is 1. The third-order valence-electron chi connectivity index (χ3n) is 7.33. The first-order chi connectivity index (χ1) is 16.7. The van der Waals surface area contributed by atoms with Crippen molar-refractivity contribution in [3.05, 3.63) is 24.3 Å². The maximum Gasteiger partial charge on any atom is 0.233 e. The summed E-state index contributed by atoms with van der Waals surface area (Å²) in [5, 5.41) is 10.4. The summed E-state index contributed by atoms with van der Waals surface area (Å²) in [6.07, 6.45) is 12.2. The van der Waals surface area contributed by atoms with Crippen LogP contribution in [0.4, 0.5) is 0 Å². The van der Waals surface area contributed by atoms with Gasteiger partial charge in [-0.2, -0.15) is 0 Å². The first-order valence-corrected chi connectivity index (χ1v) is 13.5. The summed E-state index contributed by atoms with van der Waals surface area (Å²) in [4.78, 5) is 15.8. The Bertz CT molecular complexity index is 1110. The molecule has 0 spiro atoms. The third-order valence-corrected chi connectivity index (χ3v) is 8.34. The monoisotopic (exact) mass is 482 g/mol. The van der Waals surface area contributed by atoms with Gasteiger partial charge in [-0.15, -0.1) is 10.2 Å². The lowest BCUT2D eigenvalue weighted by Crippen LogP contribution is -2.49. The molecule has 2 heterocycles. The van der Waals surface area contributed by atoms with Crippen molar-refractivity contribution in [3.8, 4) is 17.3 Å². The number of amides is 1. The Labute approximate surface area is 205 Å². The highest BCUT2D eigenvalue weighted by atomic mass is 32.2. The molecule has 2 aliphatic carbocycles. The Morgan fingerprint density at radius 1 is 1.09 bits per heavy atom. The molecule has 0 saturated heterocycles. The Morgan fingerprint density at radius 2 is 1.76 bits per heavy atom. The highest BCUT2D eigenvalue weighted by Gasteiger charge is 2.32. The molecule has 0 atom stereocenters. The fourth-order valence-electron chi connectivity index (χ4n) is 5.59. The van der Waals surface area contributed by atoms with Gasteiger partial charge in [-0.05, 0) is 37.8 Å². The van der Waals surface area contributed by atoms with Gasteiger partial charge in [0.2, 0.25) is 5.91 Å². The molecule has 5 rings (SSSR count). The zero-order valence-corrected chi connectivity index (χ0v) is 21.0. The van der Waals surface area contributed by atoms with E-state index in [0.29, 0.717) is 40.8 Å². The van der Waals surface area contributed by atoms with Crippen LogP contribution in [0.25, 0.3) is 22.6 Å². The Kier molecular flexibility index (Phi) is 7.13. The number of carbonyl (C=O) groups is 1. The molecular formula is C26H34N4O3S. The minimum atomic E-state index is 0.252. The number of rotatable bonds is 7. The summed E-state index contributed by atoms with van der Waals surface area (Å²) >= 11 is 1.47. The number of fused-ring (bicyclic) bond motifs is 1. The van der Waals surface area contributed by atoms with Gasteiger partial charge in [0.25, 0.3) is 0 Å². The van der Waals surface area contributed by atoms with Crippen LogP contribution in [0.1, 0.15) is 64.2 Å². The molecule has 0 unspecified atom stereocenters. The van der Waals surface area contributed by atoms with Gasteiger partial charge in [0.1, 0.15) is 0 Å². The van der Waals surface area contributed by atoms with Crippen LogP contribution in [0.5, 0.6) is 5.75 Å². The number of methoxy groups -OCH3 is 1. The van der Waals surface area contributed by atoms with Crippen molar-refractivity contribution in [2.24, 2.45) is 7.05 Å². The van der Waals surface area contributed by atoms with Crippen molar-refractivity contribution in [1.29, 1.82) is 0 Å². The molecule has 8 heteroatoms. The molecule has 182 valence electrons. The number of furan rings is 1. The minimum absolute atomic E-state index is 0.252. The van der Waals surface area contributed by atoms with Crippen LogP contribution in [0.3, 0.4) is 0 Å². The average molecular weight is 483 g/mol. The molecule has 3 aromatic rings. The summed E-state index contributed by atoms with van der Waals surface area (Å²) in [6.45, 7) is 0. The van der Waals surface area contributed by atoms with Gasteiger partial charge in [0.15, 0.2) is 28.1 Å². The summed E-state index contributed by atoms with van der Waals surface area (Å²) in [7, 11) is 3.56. The molecule has 0 radical (unpaired) electrons. The SMILES string of the molecule is COc1cccc2cc(-c3nnc(SCC(=O)N(C4CCCCC4)C4CCCCC4)n3C)oc12. The molecule has 2 saturated carbocycles. The topological polar surface area (TPSA) is 73.4 Å². The van der Waals surface area contributed by atoms with E-state index in [2.05, 4.69) is 15.1 Å². The minimum Gasteiger partial charge on any atom is -0.493 e. The number of hydrogen-bond acceptors (Lipinski definition) is 6. The van der Waals surface area contributed by atoms with E-state index in [0.717, 1.165) is 36.2 Å². The molecule has 1 amide bonds. The number of para-hydroxylation sites is 1. The predicted molar refractivity (Wildman–Crippen MR) is 134 cm³/mol. The first-order valence-electron chi connectivity index (χ1n) is 12.6. The maximum atomic E-state index is 13.5. The third kappa shape index (κ3) is 4.69. The van der Waals surface area contributed by atoms with Crippen molar-refractivity contribution in [2.75, 3.05) is 12.9 Å². The molecule has 0 N–H and O–H groups in total. The molecule has 2 aliphatic rings. The summed E-state index contributed by atoms with van der Waals surface area (Å²) in [5.41, 5.74) is 0.697. The number of ether oxygens (including phenoxy) is 1. The first kappa shape index (κ1) is 23.3. The summed E-state index contributed by atoms with van der Waals surface area (Å²) < 4.78 is 13.4. The molecule has 34 heavy (non-hydrogen) atoms. The smallest absolute Gasteiger partial charge is 0.233 e. The van der Waals surface area contributed by atoms with E-state index >= 15 is 0 Å². The molecular weight excluding hydrogens is 448 g/mol. The van der Waals surface area contributed by atoms with Crippen LogP contribution in [0.2, 0.25) is 0 Å². The Balaban J connectivity index is 1.31. The van der Waals surface area contributed by atoms with Crippen LogP contribution >= 0.6 is 11.8 Å². The van der Waals surface area contributed by atoms with E-state index in [-0.39, 0.29) is 5.91 Å². The van der Waals surface area contributed by atoms with Crippen molar-refractivity contribution < 1.29 is 13.9 Å². The molecule has 7 nitrogen and oxygen atoms in total. The lowest BCUT2D eigenvalue weighted by molar-refractivity contribution is -0.135. The van der Waals surface area contributed by atoms with Crippen LogP contribution in [0, 0.1) is 0 Å². The van der Waals surface area contributed by atoms with Crippen molar-refractivity contribution in [2.45, 2.75) is 81.4 Å². The van der Waals surface area contributed by atoms with E-state index in [4.69, 9.17) is 9.15 Å². The second kappa shape index (κ2) is 10.4. The van der Waals surface area contributed by atoms with Crippen LogP contribution in [-0.2, 0) is 11.8 Å². The number of nitrogens with zero attached hydrogens (tertiary/aromatic N) is 4. The number of hydrogen-bond donors (Lipinski definition) is 0. The normalized spacial score (nSPS) is 17.8. The Morgan fingerprint density at radius 3 is 2.41 bits per heavy atom. The largest absolute Gasteiger partial charge is 0.493 e. The van der Waals surface area contributed by atoms with Crippen LogP contribution in [0.15, 0.2) is 33.8 Å². The number of aromatic nitrogens is 3. The number of benzene rings is 1. The zero-order valence-electron chi connectivity index (χ0n) is 20.2. The van der Waals surface area contributed by atoms with E-state index in [1.807, 2.05) is 35.9 Å². The van der Waals surface area contributed by atoms with Crippen molar-refractivity contribution in [1.82, 2.24) is 19.7 Å². The van der Waals surface area contributed by atoms with E-state index in [9.17, 15) is 4.79 Å². The van der Waals surface area contributed by atoms with Crippen LogP contribution in [-0.4, -0.2) is 50.5 Å². The van der Waals surface area contributed by atoms with Crippen LogP contribution < -0.4 is 4.74 Å². The fraction of sp³-hybridized carbons (Fsp3) is 0.577. The fourth-order valence-corrected chi connectivity index (χ4v) is 6.37. The summed E-state index contributed by atoms with van der Waals surface area (Å²) in [6, 6.07) is 8.57. The highest BCUT2D eigenvalue weighted by Crippen LogP contribution is 2.34. The quantitative estimate of drug-likeness (QED) is 0.395. The molecule has 2 aromatic heterocycles. The van der Waals surface area contributed by atoms with Gasteiger partial charge in [0.05, 0.1) is 12.9 Å². The van der Waals surface area contributed by atoms with Gasteiger partial charge in [-0.3, -0.25) is 4.79 Å². The van der Waals surface area contributed by atoms with E-state index in [1.54, 1.807) is 7.11 Å². The average Bonchev–Trinajstić information content (AvgIpc) is 3.47. The molecule has 0 bridgehead atoms. The van der Waals surface area contributed by atoms with Crippen molar-refractivity contribution in [3.63, 3.8) is 0 Å². The zero-order chi connectivity index (χ0) is 23.5. The second-order valence-electron chi connectivity index (χ2n) is 9.53. The van der Waals surface area contributed by atoms with Gasteiger partial charge < -0.3 is 18.6 Å². The lowest BCUT2D eigenvalue weighted by atomic mass is 9.88. The van der Waals surface area contributed by atoms with Gasteiger partial charge >= 0.3 is 0 Å². The van der Waals surface area contributed by atoms with E-state index < -0.39 is 0 Å². The standard InChI is InChI=1S/C26H34N4O3S/c1-29-25(22-16-18-10-9-15-21(32-2)24(18)33-22)27-28-26(29)34-17-23(31)30(19-11-5-3-6-12-19)20-13-7-4-8-14-20/h9-10,15-16,19-20H,3-8,11-14,17H2,1-2H3. The lowest BCUT2D eigenvalue weighted by Gasteiger charge is -2.41. The van der Waals surface area contributed by atoms with Crippen molar-refractivity contribution >= 4 is 28.6 Å². The van der Waals surface area contributed by atoms with E-state index in [1.165, 1.54) is 50.3 Å². The summed E-state index contributed by atoms with van der Waals surface area (Å²) in [5.74, 6) is 2.62.